The molecule has 3 aromatic rings. The fraction of sp³-hybridized carbons (Fsp3) is 0.227. The zero-order chi connectivity index (χ0) is 20.8. The van der Waals surface area contributed by atoms with Crippen LogP contribution < -0.4 is 10.1 Å². The summed E-state index contributed by atoms with van der Waals surface area (Å²) in [7, 11) is 0. The van der Waals surface area contributed by atoms with Crippen molar-refractivity contribution < 1.29 is 19.1 Å². The molecule has 0 aliphatic carbocycles. The van der Waals surface area contributed by atoms with Crippen LogP contribution in [0.4, 0.5) is 5.13 Å². The van der Waals surface area contributed by atoms with Crippen molar-refractivity contribution in [2.75, 3.05) is 38.2 Å². The Morgan fingerprint density at radius 3 is 2.70 bits per heavy atom. The highest BCUT2D eigenvalue weighted by Crippen LogP contribution is 2.25. The Morgan fingerprint density at radius 1 is 1.10 bits per heavy atom. The molecule has 0 spiro atoms. The Kier molecular flexibility index (Phi) is 6.36. The highest BCUT2D eigenvalue weighted by Gasteiger charge is 2.17. The maximum atomic E-state index is 12.6. The van der Waals surface area contributed by atoms with Gasteiger partial charge in [-0.3, -0.25) is 14.9 Å². The summed E-state index contributed by atoms with van der Waals surface area (Å²) in [5.74, 6) is 0.0895. The number of thiazole rings is 1. The molecule has 1 aliphatic heterocycles. The molecule has 2 heterocycles. The number of rotatable bonds is 6. The Morgan fingerprint density at radius 2 is 1.90 bits per heavy atom. The molecule has 1 aliphatic rings. The highest BCUT2D eigenvalue weighted by molar-refractivity contribution is 7.14. The molecule has 0 saturated carbocycles. The number of nitrogens with one attached hydrogen (secondary N) is 1. The van der Waals surface area contributed by atoms with E-state index in [0.29, 0.717) is 42.7 Å². The molecular formula is C22H21N3O4S. The molecule has 1 saturated heterocycles. The quantitative estimate of drug-likeness (QED) is 0.658. The number of hydrogen-bond donors (Lipinski definition) is 1. The maximum Gasteiger partial charge on any atom is 0.260 e. The molecule has 1 aromatic heterocycles. The molecule has 4 rings (SSSR count). The Hall–Kier alpha value is -3.23. The van der Waals surface area contributed by atoms with E-state index in [1.807, 2.05) is 35.7 Å². The van der Waals surface area contributed by atoms with Crippen molar-refractivity contribution in [2.45, 2.75) is 0 Å². The van der Waals surface area contributed by atoms with Gasteiger partial charge in [-0.25, -0.2) is 4.98 Å². The minimum absolute atomic E-state index is 0.0714. The van der Waals surface area contributed by atoms with Gasteiger partial charge in [0.15, 0.2) is 11.7 Å². The summed E-state index contributed by atoms with van der Waals surface area (Å²) in [6, 6.07) is 16.5. The number of morpholine rings is 1. The molecule has 2 amide bonds. The number of carbonyl (C=O) groups is 2. The lowest BCUT2D eigenvalue weighted by molar-refractivity contribution is -0.137. The Balaban J connectivity index is 1.35. The van der Waals surface area contributed by atoms with Crippen molar-refractivity contribution in [1.82, 2.24) is 9.88 Å². The first-order valence-corrected chi connectivity index (χ1v) is 10.5. The molecule has 1 fully saturated rings. The lowest BCUT2D eigenvalue weighted by Crippen LogP contribution is -2.42. The predicted octanol–water partition coefficient (Wildman–Crippen LogP) is 3.30. The van der Waals surface area contributed by atoms with E-state index in [1.54, 1.807) is 29.2 Å². The van der Waals surface area contributed by atoms with E-state index >= 15 is 0 Å². The SMILES string of the molecule is O=C(Nc1nc(-c2ccccc2)cs1)c1cccc(OCC(=O)N2CCOCC2)c1. The third-order valence-corrected chi connectivity index (χ3v) is 5.37. The van der Waals surface area contributed by atoms with Crippen molar-refractivity contribution in [3.8, 4) is 17.0 Å². The van der Waals surface area contributed by atoms with E-state index in [2.05, 4.69) is 10.3 Å². The second-order valence-electron chi connectivity index (χ2n) is 6.67. The first-order valence-electron chi connectivity index (χ1n) is 9.60. The van der Waals surface area contributed by atoms with Crippen LogP contribution in [0.15, 0.2) is 60.0 Å². The number of anilines is 1. The predicted molar refractivity (Wildman–Crippen MR) is 115 cm³/mol. The van der Waals surface area contributed by atoms with Gasteiger partial charge in [0.25, 0.3) is 11.8 Å². The van der Waals surface area contributed by atoms with Crippen LogP contribution in [0.5, 0.6) is 5.75 Å². The second-order valence-corrected chi connectivity index (χ2v) is 7.53. The number of benzene rings is 2. The number of carbonyl (C=O) groups excluding carboxylic acids is 2. The summed E-state index contributed by atoms with van der Waals surface area (Å²) in [6.07, 6.45) is 0. The zero-order valence-electron chi connectivity index (χ0n) is 16.2. The van der Waals surface area contributed by atoms with Gasteiger partial charge >= 0.3 is 0 Å². The number of hydrogen-bond acceptors (Lipinski definition) is 6. The van der Waals surface area contributed by atoms with Gasteiger partial charge in [-0.05, 0) is 18.2 Å². The van der Waals surface area contributed by atoms with Gasteiger partial charge in [-0.1, -0.05) is 36.4 Å². The molecule has 154 valence electrons. The maximum absolute atomic E-state index is 12.6. The number of ether oxygens (including phenoxy) is 2. The van der Waals surface area contributed by atoms with Gasteiger partial charge in [-0.15, -0.1) is 11.3 Å². The van der Waals surface area contributed by atoms with E-state index in [9.17, 15) is 9.59 Å². The topological polar surface area (TPSA) is 80.8 Å². The lowest BCUT2D eigenvalue weighted by Gasteiger charge is -2.26. The summed E-state index contributed by atoms with van der Waals surface area (Å²) in [6.45, 7) is 2.17. The van der Waals surface area contributed by atoms with E-state index < -0.39 is 0 Å². The Bertz CT molecular complexity index is 1020. The molecule has 0 unspecified atom stereocenters. The molecule has 0 bridgehead atoms. The summed E-state index contributed by atoms with van der Waals surface area (Å²) in [5, 5.41) is 5.24. The van der Waals surface area contributed by atoms with Gasteiger partial charge in [0, 0.05) is 29.6 Å². The molecule has 30 heavy (non-hydrogen) atoms. The third kappa shape index (κ3) is 5.03. The minimum Gasteiger partial charge on any atom is -0.484 e. The highest BCUT2D eigenvalue weighted by atomic mass is 32.1. The van der Waals surface area contributed by atoms with Gasteiger partial charge in [-0.2, -0.15) is 0 Å². The van der Waals surface area contributed by atoms with E-state index in [1.165, 1.54) is 11.3 Å². The van der Waals surface area contributed by atoms with Gasteiger partial charge in [0.1, 0.15) is 5.75 Å². The van der Waals surface area contributed by atoms with Crippen molar-refractivity contribution in [3.05, 3.63) is 65.5 Å². The fourth-order valence-electron chi connectivity index (χ4n) is 3.02. The average Bonchev–Trinajstić information content (AvgIpc) is 3.27. The third-order valence-electron chi connectivity index (χ3n) is 4.62. The molecule has 0 radical (unpaired) electrons. The lowest BCUT2D eigenvalue weighted by atomic mass is 10.2. The van der Waals surface area contributed by atoms with E-state index in [4.69, 9.17) is 9.47 Å². The van der Waals surface area contributed by atoms with Crippen LogP contribution in [0.25, 0.3) is 11.3 Å². The largest absolute Gasteiger partial charge is 0.484 e. The van der Waals surface area contributed by atoms with E-state index in [-0.39, 0.29) is 18.4 Å². The molecule has 7 nitrogen and oxygen atoms in total. The summed E-state index contributed by atoms with van der Waals surface area (Å²) in [5.41, 5.74) is 2.24. The van der Waals surface area contributed by atoms with Crippen LogP contribution in [-0.4, -0.2) is 54.6 Å². The molecule has 2 aromatic carbocycles. The number of amides is 2. The van der Waals surface area contributed by atoms with Gasteiger partial charge in [0.2, 0.25) is 0 Å². The second kappa shape index (κ2) is 9.51. The van der Waals surface area contributed by atoms with Crippen LogP contribution >= 0.6 is 11.3 Å². The first kappa shape index (κ1) is 20.1. The van der Waals surface area contributed by atoms with Crippen LogP contribution in [0.3, 0.4) is 0 Å². The van der Waals surface area contributed by atoms with Crippen molar-refractivity contribution >= 4 is 28.3 Å². The fourth-order valence-corrected chi connectivity index (χ4v) is 3.73. The average molecular weight is 423 g/mol. The molecule has 1 N–H and O–H groups in total. The molecule has 8 heteroatoms. The van der Waals surface area contributed by atoms with Crippen LogP contribution in [0, 0.1) is 0 Å². The van der Waals surface area contributed by atoms with E-state index in [0.717, 1.165) is 11.3 Å². The molecule has 0 atom stereocenters. The molecular weight excluding hydrogens is 402 g/mol. The standard InChI is InChI=1S/C22H21N3O4S/c26-20(25-9-11-28-12-10-25)14-29-18-8-4-7-17(13-18)21(27)24-22-23-19(15-30-22)16-5-2-1-3-6-16/h1-8,13,15H,9-12,14H2,(H,23,24,27). The smallest absolute Gasteiger partial charge is 0.260 e. The summed E-state index contributed by atoms with van der Waals surface area (Å²) in [4.78, 5) is 31.0. The summed E-state index contributed by atoms with van der Waals surface area (Å²) >= 11 is 1.37. The van der Waals surface area contributed by atoms with Crippen molar-refractivity contribution in [1.29, 1.82) is 0 Å². The number of aromatic nitrogens is 1. The summed E-state index contributed by atoms with van der Waals surface area (Å²) < 4.78 is 10.8. The number of nitrogens with zero attached hydrogens (tertiary/aromatic N) is 2. The van der Waals surface area contributed by atoms with Gasteiger partial charge in [0.05, 0.1) is 18.9 Å². The van der Waals surface area contributed by atoms with Crippen LogP contribution in [0.1, 0.15) is 10.4 Å². The minimum atomic E-state index is -0.283. The van der Waals surface area contributed by atoms with Crippen LogP contribution in [0.2, 0.25) is 0 Å². The monoisotopic (exact) mass is 423 g/mol. The van der Waals surface area contributed by atoms with Crippen molar-refractivity contribution in [2.24, 2.45) is 0 Å². The van der Waals surface area contributed by atoms with Gasteiger partial charge < -0.3 is 14.4 Å². The van der Waals surface area contributed by atoms with Crippen LogP contribution in [-0.2, 0) is 9.53 Å². The Labute approximate surface area is 178 Å². The van der Waals surface area contributed by atoms with Crippen molar-refractivity contribution in [3.63, 3.8) is 0 Å². The normalized spacial score (nSPS) is 13.7. The zero-order valence-corrected chi connectivity index (χ0v) is 17.1. The first-order chi connectivity index (χ1) is 14.7.